The van der Waals surface area contributed by atoms with Crippen molar-refractivity contribution >= 4 is 40.2 Å². The molecule has 10 nitrogen and oxygen atoms in total. The number of hydrogen-bond donors (Lipinski definition) is 1. The van der Waals surface area contributed by atoms with Crippen molar-refractivity contribution in [2.75, 3.05) is 13.1 Å². The molecular weight excluding hydrogens is 434 g/mol. The quantitative estimate of drug-likeness (QED) is 0.473. The van der Waals surface area contributed by atoms with Gasteiger partial charge in [-0.1, -0.05) is 0 Å². The molecule has 2 aliphatic rings. The summed E-state index contributed by atoms with van der Waals surface area (Å²) in [5.74, 6) is -0.467. The maximum Gasteiger partial charge on any atom is 0.325 e. The lowest BCUT2D eigenvalue weighted by atomic mass is 9.78. The van der Waals surface area contributed by atoms with Gasteiger partial charge in [0.15, 0.2) is 0 Å². The van der Waals surface area contributed by atoms with Gasteiger partial charge in [-0.3, -0.25) is 19.1 Å². The highest BCUT2D eigenvalue weighted by atomic mass is 32.1. The van der Waals surface area contributed by atoms with E-state index >= 15 is 0 Å². The normalized spacial score (nSPS) is 22.0. The van der Waals surface area contributed by atoms with Gasteiger partial charge in [0.05, 0.1) is 6.54 Å². The van der Waals surface area contributed by atoms with E-state index in [0.717, 1.165) is 5.56 Å². The van der Waals surface area contributed by atoms with Crippen molar-refractivity contribution in [2.24, 2.45) is 5.92 Å². The van der Waals surface area contributed by atoms with E-state index in [4.69, 9.17) is 0 Å². The standard InChI is InChI=1S/C21H21N5O5S/c1-21(19(28)25(20(29)22-21)11-13-6-9-32-12-13)15-4-7-24(8-5-15)18(27)14-2-3-17-16(10-14)23-31-26(17)30/h2-3,6,9-10,12,15H,4-5,7-8,11H2,1H3,(H,22,29)/t21-/m1/s1. The summed E-state index contributed by atoms with van der Waals surface area (Å²) in [6.07, 6.45) is 1.18. The second-order valence-corrected chi connectivity index (χ2v) is 9.14. The van der Waals surface area contributed by atoms with Crippen LogP contribution < -0.4 is 10.2 Å². The van der Waals surface area contributed by atoms with Crippen LogP contribution in [0, 0.1) is 11.1 Å². The first-order chi connectivity index (χ1) is 15.4. The lowest BCUT2D eigenvalue weighted by Crippen LogP contribution is -2.54. The van der Waals surface area contributed by atoms with Gasteiger partial charge in [0.2, 0.25) is 11.0 Å². The van der Waals surface area contributed by atoms with Gasteiger partial charge in [0.1, 0.15) is 5.54 Å². The zero-order valence-corrected chi connectivity index (χ0v) is 18.1. The molecule has 0 spiro atoms. The minimum absolute atomic E-state index is 0.0760. The highest BCUT2D eigenvalue weighted by Gasteiger charge is 2.52. The maximum absolute atomic E-state index is 13.1. The Hall–Kier alpha value is -3.47. The zero-order chi connectivity index (χ0) is 22.5. The van der Waals surface area contributed by atoms with Crippen LogP contribution in [0.1, 0.15) is 35.7 Å². The summed E-state index contributed by atoms with van der Waals surface area (Å²) in [6.45, 7) is 2.96. The van der Waals surface area contributed by atoms with E-state index in [1.807, 2.05) is 16.8 Å². The Labute approximate surface area is 186 Å². The minimum atomic E-state index is -0.983. The maximum atomic E-state index is 13.1. The number of nitrogens with zero attached hydrogens (tertiary/aromatic N) is 4. The molecule has 2 fully saturated rings. The third-order valence-electron chi connectivity index (χ3n) is 6.45. The van der Waals surface area contributed by atoms with Crippen LogP contribution in [0.15, 0.2) is 39.7 Å². The number of hydrogen-bond acceptors (Lipinski definition) is 7. The van der Waals surface area contributed by atoms with Gasteiger partial charge in [-0.05, 0) is 65.1 Å². The Balaban J connectivity index is 1.26. The molecule has 0 bridgehead atoms. The van der Waals surface area contributed by atoms with E-state index in [0.29, 0.717) is 41.9 Å². The highest BCUT2D eigenvalue weighted by Crippen LogP contribution is 2.34. The van der Waals surface area contributed by atoms with Gasteiger partial charge in [-0.25, -0.2) is 4.79 Å². The molecule has 1 N–H and O–H groups in total. The summed E-state index contributed by atoms with van der Waals surface area (Å²) in [5, 5.41) is 21.8. The highest BCUT2D eigenvalue weighted by molar-refractivity contribution is 7.07. The fraction of sp³-hybridized carbons (Fsp3) is 0.381. The first-order valence-electron chi connectivity index (χ1n) is 10.3. The smallest absolute Gasteiger partial charge is 0.325 e. The Morgan fingerprint density at radius 2 is 2.12 bits per heavy atom. The molecule has 0 unspecified atom stereocenters. The third kappa shape index (κ3) is 3.29. The van der Waals surface area contributed by atoms with E-state index in [2.05, 4.69) is 15.1 Å². The average molecular weight is 455 g/mol. The Morgan fingerprint density at radius 3 is 2.84 bits per heavy atom. The summed E-state index contributed by atoms with van der Waals surface area (Å²) in [6, 6.07) is 6.14. The van der Waals surface area contributed by atoms with Crippen molar-refractivity contribution < 1.29 is 23.9 Å². The third-order valence-corrected chi connectivity index (χ3v) is 7.19. The van der Waals surface area contributed by atoms with Crippen molar-refractivity contribution in [1.29, 1.82) is 0 Å². The van der Waals surface area contributed by atoms with Crippen molar-refractivity contribution in [2.45, 2.75) is 31.8 Å². The van der Waals surface area contributed by atoms with Crippen LogP contribution in [0.2, 0.25) is 0 Å². The first-order valence-corrected chi connectivity index (χ1v) is 11.2. The molecule has 11 heteroatoms. The van der Waals surface area contributed by atoms with Crippen LogP contribution in [0.4, 0.5) is 4.79 Å². The number of likely N-dealkylation sites (tertiary alicyclic amines) is 1. The molecule has 4 heterocycles. The van der Waals surface area contributed by atoms with E-state index in [9.17, 15) is 19.6 Å². The number of carbonyl (C=O) groups is 3. The Bertz CT molecular complexity index is 1200. The predicted molar refractivity (Wildman–Crippen MR) is 113 cm³/mol. The van der Waals surface area contributed by atoms with Gasteiger partial charge in [0.25, 0.3) is 11.8 Å². The van der Waals surface area contributed by atoms with Crippen LogP contribution in [-0.2, 0) is 11.3 Å². The average Bonchev–Trinajstić information content (AvgIpc) is 3.50. The lowest BCUT2D eigenvalue weighted by Gasteiger charge is -2.38. The number of amides is 4. The molecular formula is C21H21N5O5S. The van der Waals surface area contributed by atoms with Gasteiger partial charge < -0.3 is 15.4 Å². The van der Waals surface area contributed by atoms with E-state index in [-0.39, 0.29) is 35.8 Å². The summed E-state index contributed by atoms with van der Waals surface area (Å²) in [7, 11) is 0. The molecule has 4 amide bonds. The van der Waals surface area contributed by atoms with Crippen molar-refractivity contribution in [3.8, 4) is 0 Å². The molecule has 1 aromatic carbocycles. The monoisotopic (exact) mass is 455 g/mol. The number of carbonyl (C=O) groups excluding carboxylic acids is 3. The molecule has 2 aromatic heterocycles. The van der Waals surface area contributed by atoms with Gasteiger partial charge in [-0.15, -0.1) is 0 Å². The summed E-state index contributed by atoms with van der Waals surface area (Å²) < 4.78 is 4.55. The number of benzene rings is 1. The number of piperidine rings is 1. The van der Waals surface area contributed by atoms with Crippen LogP contribution in [0.5, 0.6) is 0 Å². The second-order valence-electron chi connectivity index (χ2n) is 8.36. The molecule has 2 saturated heterocycles. The van der Waals surface area contributed by atoms with Crippen molar-refractivity contribution in [1.82, 2.24) is 20.3 Å². The largest absolute Gasteiger partial charge is 0.359 e. The van der Waals surface area contributed by atoms with Crippen LogP contribution in [0.25, 0.3) is 11.0 Å². The molecule has 0 radical (unpaired) electrons. The predicted octanol–water partition coefficient (Wildman–Crippen LogP) is 1.89. The SMILES string of the molecule is C[C@]1(C2CCN(C(=O)c3ccc4c(c3)no[n+]4[O-])CC2)NC(=O)N(Cc2ccsc2)C1=O. The molecule has 0 saturated carbocycles. The number of thiophene rings is 1. The molecule has 0 aliphatic carbocycles. The van der Waals surface area contributed by atoms with Crippen molar-refractivity contribution in [3.05, 3.63) is 51.4 Å². The van der Waals surface area contributed by atoms with Gasteiger partial charge in [-0.2, -0.15) is 11.3 Å². The second kappa shape index (κ2) is 7.59. The lowest BCUT2D eigenvalue weighted by molar-refractivity contribution is -0.782. The summed E-state index contributed by atoms with van der Waals surface area (Å²) >= 11 is 1.52. The van der Waals surface area contributed by atoms with E-state index in [1.54, 1.807) is 17.9 Å². The van der Waals surface area contributed by atoms with Gasteiger partial charge in [0, 0.05) is 29.9 Å². The summed E-state index contributed by atoms with van der Waals surface area (Å²) in [5.41, 5.74) is 0.941. The molecule has 2 aliphatic heterocycles. The zero-order valence-electron chi connectivity index (χ0n) is 17.3. The molecule has 32 heavy (non-hydrogen) atoms. The number of aromatic nitrogens is 2. The number of nitrogens with one attached hydrogen (secondary N) is 1. The van der Waals surface area contributed by atoms with Gasteiger partial charge >= 0.3 is 6.03 Å². The number of urea groups is 1. The van der Waals surface area contributed by atoms with E-state index in [1.165, 1.54) is 28.4 Å². The number of imide groups is 1. The molecule has 166 valence electrons. The molecule has 5 rings (SSSR count). The number of rotatable bonds is 4. The first kappa shape index (κ1) is 20.4. The van der Waals surface area contributed by atoms with Crippen LogP contribution in [0.3, 0.4) is 0 Å². The Kier molecular flexibility index (Phi) is 4.85. The van der Waals surface area contributed by atoms with Crippen molar-refractivity contribution in [3.63, 3.8) is 0 Å². The van der Waals surface area contributed by atoms with E-state index < -0.39 is 5.54 Å². The fourth-order valence-corrected chi connectivity index (χ4v) is 5.21. The fourth-order valence-electron chi connectivity index (χ4n) is 4.55. The summed E-state index contributed by atoms with van der Waals surface area (Å²) in [4.78, 5) is 41.9. The van der Waals surface area contributed by atoms with Crippen LogP contribution >= 0.6 is 11.3 Å². The molecule has 1 atom stereocenters. The van der Waals surface area contributed by atoms with Crippen LogP contribution in [-0.4, -0.2) is 51.4 Å². The molecule has 3 aromatic rings. The topological polar surface area (TPSA) is 123 Å². The number of fused-ring (bicyclic) bond motifs is 1. The minimum Gasteiger partial charge on any atom is -0.359 e. The Morgan fingerprint density at radius 1 is 1.34 bits per heavy atom.